The number of benzene rings is 3. The molecule has 35 heavy (non-hydrogen) atoms. The summed E-state index contributed by atoms with van der Waals surface area (Å²) in [6, 6.07) is 19.6. The molecule has 0 spiro atoms. The van der Waals surface area contributed by atoms with E-state index in [4.69, 9.17) is 4.74 Å². The summed E-state index contributed by atoms with van der Waals surface area (Å²) in [5.41, 5.74) is 2.42. The number of methoxy groups -OCH3 is 1. The number of ether oxygens (including phenoxy) is 1. The maximum atomic E-state index is 13.6. The first-order valence-electron chi connectivity index (χ1n) is 11.0. The summed E-state index contributed by atoms with van der Waals surface area (Å²) in [6.07, 6.45) is 0. The second-order valence-corrected chi connectivity index (χ2v) is 10.1. The minimum Gasteiger partial charge on any atom is -0.497 e. The largest absolute Gasteiger partial charge is 0.497 e. The first-order valence-corrected chi connectivity index (χ1v) is 12.5. The fourth-order valence-electron chi connectivity index (χ4n) is 3.41. The molecule has 0 aliphatic carbocycles. The van der Waals surface area contributed by atoms with Crippen LogP contribution >= 0.6 is 0 Å². The van der Waals surface area contributed by atoms with Crippen LogP contribution in [-0.2, 0) is 19.6 Å². The number of nitrogens with zero attached hydrogens (tertiary/aromatic N) is 1. The Labute approximate surface area is 206 Å². The van der Waals surface area contributed by atoms with Gasteiger partial charge in [-0.25, -0.2) is 8.42 Å². The molecule has 0 heterocycles. The van der Waals surface area contributed by atoms with Crippen molar-refractivity contribution in [3.8, 4) is 5.75 Å². The number of hydrogen-bond acceptors (Lipinski definition) is 5. The van der Waals surface area contributed by atoms with E-state index in [-0.39, 0.29) is 16.7 Å². The van der Waals surface area contributed by atoms with Crippen LogP contribution in [0.25, 0.3) is 0 Å². The van der Waals surface area contributed by atoms with E-state index in [1.807, 2.05) is 18.2 Å². The SMILES string of the molecule is COc1ccc(N(CC(=O)Nc2cccc(C(C)C)c2)S(=O)(=O)c2ccc(NC(C)=O)cc2)cc1. The zero-order valence-corrected chi connectivity index (χ0v) is 20.9. The molecule has 8 nitrogen and oxygen atoms in total. The van der Waals surface area contributed by atoms with E-state index >= 15 is 0 Å². The summed E-state index contributed by atoms with van der Waals surface area (Å²) in [5, 5.41) is 5.40. The molecule has 0 aromatic heterocycles. The molecule has 3 aromatic rings. The van der Waals surface area contributed by atoms with Crippen molar-refractivity contribution in [2.75, 3.05) is 28.6 Å². The molecule has 9 heteroatoms. The van der Waals surface area contributed by atoms with Gasteiger partial charge in [-0.05, 0) is 72.1 Å². The maximum Gasteiger partial charge on any atom is 0.264 e. The number of anilines is 3. The van der Waals surface area contributed by atoms with E-state index in [0.29, 0.717) is 22.8 Å². The monoisotopic (exact) mass is 495 g/mol. The van der Waals surface area contributed by atoms with Crippen LogP contribution in [0.15, 0.2) is 77.7 Å². The average Bonchev–Trinajstić information content (AvgIpc) is 2.82. The van der Waals surface area contributed by atoms with Gasteiger partial charge in [0.25, 0.3) is 10.0 Å². The van der Waals surface area contributed by atoms with Crippen molar-refractivity contribution in [3.05, 3.63) is 78.4 Å². The van der Waals surface area contributed by atoms with Gasteiger partial charge in [-0.1, -0.05) is 26.0 Å². The summed E-state index contributed by atoms with van der Waals surface area (Å²) >= 11 is 0. The van der Waals surface area contributed by atoms with Crippen molar-refractivity contribution in [1.29, 1.82) is 0 Å². The summed E-state index contributed by atoms with van der Waals surface area (Å²) in [5.74, 6) is 0.0861. The highest BCUT2D eigenvalue weighted by Crippen LogP contribution is 2.27. The molecule has 0 atom stereocenters. The van der Waals surface area contributed by atoms with Gasteiger partial charge in [-0.2, -0.15) is 0 Å². The van der Waals surface area contributed by atoms with Crippen LogP contribution in [0.2, 0.25) is 0 Å². The van der Waals surface area contributed by atoms with Crippen molar-refractivity contribution in [2.24, 2.45) is 0 Å². The van der Waals surface area contributed by atoms with Crippen LogP contribution in [0.1, 0.15) is 32.3 Å². The Balaban J connectivity index is 1.92. The second kappa shape index (κ2) is 11.1. The first kappa shape index (κ1) is 25.8. The smallest absolute Gasteiger partial charge is 0.264 e. The number of rotatable bonds is 9. The molecule has 184 valence electrons. The molecule has 2 amide bonds. The van der Waals surface area contributed by atoms with Gasteiger partial charge in [0.15, 0.2) is 0 Å². The zero-order valence-electron chi connectivity index (χ0n) is 20.1. The molecule has 0 bridgehead atoms. The quantitative estimate of drug-likeness (QED) is 0.451. The van der Waals surface area contributed by atoms with Crippen molar-refractivity contribution in [1.82, 2.24) is 0 Å². The lowest BCUT2D eigenvalue weighted by Crippen LogP contribution is -2.38. The Bertz CT molecular complexity index is 1290. The Morgan fingerprint density at radius 3 is 2.14 bits per heavy atom. The number of nitrogens with one attached hydrogen (secondary N) is 2. The Morgan fingerprint density at radius 1 is 0.914 bits per heavy atom. The highest BCUT2D eigenvalue weighted by molar-refractivity contribution is 7.92. The van der Waals surface area contributed by atoms with E-state index < -0.39 is 22.5 Å². The summed E-state index contributed by atoms with van der Waals surface area (Å²) in [4.78, 5) is 24.2. The molecule has 3 rings (SSSR count). The van der Waals surface area contributed by atoms with Gasteiger partial charge in [0.1, 0.15) is 12.3 Å². The van der Waals surface area contributed by atoms with Crippen LogP contribution in [0.3, 0.4) is 0 Å². The molecule has 0 radical (unpaired) electrons. The maximum absolute atomic E-state index is 13.6. The van der Waals surface area contributed by atoms with Crippen molar-refractivity contribution < 1.29 is 22.7 Å². The topological polar surface area (TPSA) is 105 Å². The fraction of sp³-hybridized carbons (Fsp3) is 0.231. The summed E-state index contributed by atoms with van der Waals surface area (Å²) in [6.45, 7) is 5.03. The Kier molecular flexibility index (Phi) is 8.14. The third kappa shape index (κ3) is 6.60. The van der Waals surface area contributed by atoms with Crippen molar-refractivity contribution in [3.63, 3.8) is 0 Å². The molecule has 0 aliphatic heterocycles. The van der Waals surface area contributed by atoms with Gasteiger partial charge in [-0.3, -0.25) is 13.9 Å². The van der Waals surface area contributed by atoms with E-state index in [9.17, 15) is 18.0 Å². The van der Waals surface area contributed by atoms with Crippen LogP contribution < -0.4 is 19.7 Å². The first-order chi connectivity index (χ1) is 16.6. The molecule has 0 fully saturated rings. The van der Waals surface area contributed by atoms with E-state index in [0.717, 1.165) is 9.87 Å². The van der Waals surface area contributed by atoms with Crippen LogP contribution in [0.4, 0.5) is 17.1 Å². The van der Waals surface area contributed by atoms with Crippen LogP contribution in [0, 0.1) is 0 Å². The van der Waals surface area contributed by atoms with Gasteiger partial charge in [0.2, 0.25) is 11.8 Å². The average molecular weight is 496 g/mol. The summed E-state index contributed by atoms with van der Waals surface area (Å²) < 4.78 is 33.4. The van der Waals surface area contributed by atoms with Gasteiger partial charge >= 0.3 is 0 Å². The molecular weight excluding hydrogens is 466 g/mol. The van der Waals surface area contributed by atoms with Gasteiger partial charge < -0.3 is 15.4 Å². The lowest BCUT2D eigenvalue weighted by molar-refractivity contribution is -0.115. The van der Waals surface area contributed by atoms with Gasteiger partial charge in [0, 0.05) is 18.3 Å². The third-order valence-corrected chi connectivity index (χ3v) is 7.04. The molecule has 2 N–H and O–H groups in total. The molecule has 0 aliphatic rings. The van der Waals surface area contributed by atoms with Crippen LogP contribution in [0.5, 0.6) is 5.75 Å². The third-order valence-electron chi connectivity index (χ3n) is 5.25. The predicted octanol–water partition coefficient (Wildman–Crippen LogP) is 4.61. The minimum atomic E-state index is -4.11. The fourth-order valence-corrected chi connectivity index (χ4v) is 4.83. The second-order valence-electron chi connectivity index (χ2n) is 8.24. The molecular formula is C26H29N3O5S. The number of hydrogen-bond donors (Lipinski definition) is 2. The highest BCUT2D eigenvalue weighted by atomic mass is 32.2. The Hall–Kier alpha value is -3.85. The lowest BCUT2D eigenvalue weighted by atomic mass is 10.0. The Morgan fingerprint density at radius 2 is 1.57 bits per heavy atom. The van der Waals surface area contributed by atoms with Crippen molar-refractivity contribution in [2.45, 2.75) is 31.6 Å². The van der Waals surface area contributed by atoms with E-state index in [1.54, 1.807) is 30.3 Å². The summed E-state index contributed by atoms with van der Waals surface area (Å²) in [7, 11) is -2.60. The molecule has 0 saturated carbocycles. The lowest BCUT2D eigenvalue weighted by Gasteiger charge is -2.24. The minimum absolute atomic E-state index is 0.0166. The molecule has 3 aromatic carbocycles. The van der Waals surface area contributed by atoms with Crippen molar-refractivity contribution >= 4 is 38.9 Å². The number of sulfonamides is 1. The number of amides is 2. The van der Waals surface area contributed by atoms with Gasteiger partial charge in [-0.15, -0.1) is 0 Å². The number of carbonyl (C=O) groups excluding carboxylic acids is 2. The highest BCUT2D eigenvalue weighted by Gasteiger charge is 2.27. The van der Waals surface area contributed by atoms with Crippen LogP contribution in [-0.4, -0.2) is 33.9 Å². The number of carbonyl (C=O) groups is 2. The normalized spacial score (nSPS) is 11.1. The predicted molar refractivity (Wildman–Crippen MR) is 137 cm³/mol. The van der Waals surface area contributed by atoms with E-state index in [1.165, 1.54) is 38.3 Å². The van der Waals surface area contributed by atoms with Gasteiger partial charge in [0.05, 0.1) is 17.7 Å². The standard InChI is InChI=1S/C26H29N3O5S/c1-18(2)20-6-5-7-22(16-20)28-26(31)17-29(23-10-12-24(34-4)13-11-23)35(32,33)25-14-8-21(9-15-25)27-19(3)30/h5-16,18H,17H2,1-4H3,(H,27,30)(H,28,31). The molecule has 0 unspecified atom stereocenters. The zero-order chi connectivity index (χ0) is 25.6. The molecule has 0 saturated heterocycles. The van der Waals surface area contributed by atoms with E-state index in [2.05, 4.69) is 24.5 Å².